The van der Waals surface area contributed by atoms with E-state index in [0.29, 0.717) is 17.2 Å². The van der Waals surface area contributed by atoms with Gasteiger partial charge in [-0.25, -0.2) is 0 Å². The molecular formula is C18H16O7. The minimum Gasteiger partial charge on any atom is -0.502 e. The van der Waals surface area contributed by atoms with Crippen LogP contribution < -0.4 is 23.7 Å². The first-order chi connectivity index (χ1) is 12.1. The van der Waals surface area contributed by atoms with Crippen molar-refractivity contribution < 1.29 is 33.6 Å². The Balaban J connectivity index is 1.86. The third-order valence-corrected chi connectivity index (χ3v) is 4.38. The second kappa shape index (κ2) is 5.77. The number of benzene rings is 2. The summed E-state index contributed by atoms with van der Waals surface area (Å²) >= 11 is 0. The Morgan fingerprint density at radius 3 is 2.28 bits per heavy atom. The second-order valence-electron chi connectivity index (χ2n) is 5.75. The first-order valence-corrected chi connectivity index (χ1v) is 7.69. The lowest BCUT2D eigenvalue weighted by Gasteiger charge is -2.26. The van der Waals surface area contributed by atoms with Gasteiger partial charge in [-0.15, -0.1) is 0 Å². The van der Waals surface area contributed by atoms with Gasteiger partial charge in [-0.3, -0.25) is 4.79 Å². The fourth-order valence-electron chi connectivity index (χ4n) is 3.15. The summed E-state index contributed by atoms with van der Waals surface area (Å²) in [5, 5.41) is 10.1. The number of methoxy groups -OCH3 is 2. The molecule has 2 heterocycles. The molecule has 0 bridgehead atoms. The third-order valence-electron chi connectivity index (χ3n) is 4.38. The van der Waals surface area contributed by atoms with E-state index in [9.17, 15) is 9.90 Å². The van der Waals surface area contributed by atoms with Crippen LogP contribution in [0.1, 0.15) is 23.5 Å². The number of hydrogen-bond donors (Lipinski definition) is 1. The van der Waals surface area contributed by atoms with Crippen LogP contribution in [0.2, 0.25) is 0 Å². The maximum absolute atomic E-state index is 12.1. The quantitative estimate of drug-likeness (QED) is 0.677. The molecule has 1 atom stereocenters. The van der Waals surface area contributed by atoms with Crippen molar-refractivity contribution in [2.24, 2.45) is 0 Å². The molecule has 2 aromatic rings. The summed E-state index contributed by atoms with van der Waals surface area (Å²) in [5.74, 6) is 1.43. The molecule has 0 fully saturated rings. The monoisotopic (exact) mass is 344 g/mol. The summed E-state index contributed by atoms with van der Waals surface area (Å²) < 4.78 is 26.6. The molecule has 2 aromatic carbocycles. The maximum atomic E-state index is 12.1. The second-order valence-corrected chi connectivity index (χ2v) is 5.75. The number of fused-ring (bicyclic) bond motifs is 2. The molecule has 1 unspecified atom stereocenters. The molecule has 0 radical (unpaired) electrons. The Bertz CT molecular complexity index is 834. The number of ether oxygens (including phenoxy) is 5. The van der Waals surface area contributed by atoms with Gasteiger partial charge in [0, 0.05) is 17.5 Å². The van der Waals surface area contributed by atoms with Gasteiger partial charge in [0.15, 0.2) is 23.0 Å². The number of carbonyl (C=O) groups excluding carboxylic acids is 1. The molecular weight excluding hydrogens is 328 g/mol. The van der Waals surface area contributed by atoms with Gasteiger partial charge in [-0.1, -0.05) is 0 Å². The lowest BCUT2D eigenvalue weighted by atomic mass is 9.86. The van der Waals surface area contributed by atoms with E-state index in [1.54, 1.807) is 18.2 Å². The van der Waals surface area contributed by atoms with Crippen LogP contribution in [0.15, 0.2) is 24.3 Å². The van der Waals surface area contributed by atoms with Gasteiger partial charge >= 0.3 is 5.97 Å². The fourth-order valence-corrected chi connectivity index (χ4v) is 3.15. The van der Waals surface area contributed by atoms with E-state index in [-0.39, 0.29) is 42.3 Å². The van der Waals surface area contributed by atoms with Gasteiger partial charge in [0.05, 0.1) is 20.6 Å². The normalized spacial score (nSPS) is 17.7. The van der Waals surface area contributed by atoms with Gasteiger partial charge in [0.1, 0.15) is 5.75 Å². The molecule has 0 spiro atoms. The Morgan fingerprint density at radius 1 is 1.00 bits per heavy atom. The highest BCUT2D eigenvalue weighted by Gasteiger charge is 2.32. The van der Waals surface area contributed by atoms with Crippen LogP contribution in [0.5, 0.6) is 34.5 Å². The van der Waals surface area contributed by atoms with Crippen molar-refractivity contribution in [3.05, 3.63) is 35.4 Å². The van der Waals surface area contributed by atoms with Crippen molar-refractivity contribution in [2.45, 2.75) is 12.3 Å². The highest BCUT2D eigenvalue weighted by atomic mass is 16.7. The number of esters is 1. The third kappa shape index (κ3) is 2.48. The fraction of sp³-hybridized carbons (Fsp3) is 0.278. The lowest BCUT2D eigenvalue weighted by Crippen LogP contribution is -2.21. The topological polar surface area (TPSA) is 83.5 Å². The molecule has 4 rings (SSSR count). The summed E-state index contributed by atoms with van der Waals surface area (Å²) in [6.07, 6.45) is 0.156. The molecule has 2 aliphatic heterocycles. The molecule has 0 amide bonds. The van der Waals surface area contributed by atoms with Crippen LogP contribution in [0.4, 0.5) is 0 Å². The lowest BCUT2D eigenvalue weighted by molar-refractivity contribution is -0.135. The summed E-state index contributed by atoms with van der Waals surface area (Å²) in [7, 11) is 2.92. The first kappa shape index (κ1) is 15.4. The van der Waals surface area contributed by atoms with Gasteiger partial charge in [0.2, 0.25) is 12.5 Å². The van der Waals surface area contributed by atoms with Gasteiger partial charge < -0.3 is 28.8 Å². The predicted octanol–water partition coefficient (Wildman–Crippen LogP) is 2.58. The van der Waals surface area contributed by atoms with E-state index in [2.05, 4.69) is 0 Å². The Kier molecular flexibility index (Phi) is 3.56. The Morgan fingerprint density at radius 2 is 1.64 bits per heavy atom. The SMILES string of the molecule is COc1cc(C2CC(=O)Oc3cc4c(cc32)OCO4)cc(OC)c1O. The summed E-state index contributed by atoms with van der Waals surface area (Å²) in [5.41, 5.74) is 1.57. The molecule has 0 saturated heterocycles. The van der Waals surface area contributed by atoms with E-state index in [0.717, 1.165) is 11.1 Å². The standard InChI is InChI=1S/C18H16O7/c1-21-15-3-9(4-16(22-2)18(15)20)10-6-17(19)25-12-7-14-13(5-11(10)12)23-8-24-14/h3-5,7,10,20H,6,8H2,1-2H3. The molecule has 0 aromatic heterocycles. The van der Waals surface area contributed by atoms with E-state index < -0.39 is 0 Å². The van der Waals surface area contributed by atoms with Crippen LogP contribution in [0.3, 0.4) is 0 Å². The van der Waals surface area contributed by atoms with Crippen molar-refractivity contribution in [3.63, 3.8) is 0 Å². The van der Waals surface area contributed by atoms with Crippen molar-refractivity contribution >= 4 is 5.97 Å². The Hall–Kier alpha value is -3.09. The zero-order chi connectivity index (χ0) is 17.6. The van der Waals surface area contributed by atoms with Crippen LogP contribution in [-0.2, 0) is 4.79 Å². The molecule has 25 heavy (non-hydrogen) atoms. The zero-order valence-corrected chi connectivity index (χ0v) is 13.7. The molecule has 7 heteroatoms. The van der Waals surface area contributed by atoms with Crippen LogP contribution in [0, 0.1) is 0 Å². The van der Waals surface area contributed by atoms with Crippen LogP contribution in [-0.4, -0.2) is 32.1 Å². The highest BCUT2D eigenvalue weighted by molar-refractivity contribution is 5.79. The van der Waals surface area contributed by atoms with Gasteiger partial charge in [-0.2, -0.15) is 0 Å². The molecule has 1 N–H and O–H groups in total. The largest absolute Gasteiger partial charge is 0.502 e. The van der Waals surface area contributed by atoms with Crippen molar-refractivity contribution in [1.82, 2.24) is 0 Å². The number of phenols is 1. The number of aromatic hydroxyl groups is 1. The summed E-state index contributed by atoms with van der Waals surface area (Å²) in [6, 6.07) is 6.86. The molecule has 7 nitrogen and oxygen atoms in total. The van der Waals surface area contributed by atoms with Crippen molar-refractivity contribution in [1.29, 1.82) is 0 Å². The number of hydrogen-bond acceptors (Lipinski definition) is 7. The number of rotatable bonds is 3. The van der Waals surface area contributed by atoms with Gasteiger partial charge in [-0.05, 0) is 23.8 Å². The summed E-state index contributed by atoms with van der Waals surface area (Å²) in [6.45, 7) is 0.137. The minimum atomic E-state index is -0.345. The van der Waals surface area contributed by atoms with E-state index in [1.807, 2.05) is 6.07 Å². The van der Waals surface area contributed by atoms with Gasteiger partial charge in [0.25, 0.3) is 0 Å². The van der Waals surface area contributed by atoms with Crippen molar-refractivity contribution in [3.8, 4) is 34.5 Å². The number of phenolic OH excluding ortho intramolecular Hbond substituents is 1. The first-order valence-electron chi connectivity index (χ1n) is 7.69. The average molecular weight is 344 g/mol. The van der Waals surface area contributed by atoms with Crippen LogP contribution in [0.25, 0.3) is 0 Å². The zero-order valence-electron chi connectivity index (χ0n) is 13.7. The average Bonchev–Trinajstić information content (AvgIpc) is 3.06. The minimum absolute atomic E-state index is 0.0851. The van der Waals surface area contributed by atoms with E-state index in [4.69, 9.17) is 23.7 Å². The summed E-state index contributed by atoms with van der Waals surface area (Å²) in [4.78, 5) is 12.1. The highest BCUT2D eigenvalue weighted by Crippen LogP contribution is 2.48. The van der Waals surface area contributed by atoms with E-state index in [1.165, 1.54) is 14.2 Å². The molecule has 130 valence electrons. The van der Waals surface area contributed by atoms with Crippen molar-refractivity contribution in [2.75, 3.05) is 21.0 Å². The van der Waals surface area contributed by atoms with Crippen LogP contribution >= 0.6 is 0 Å². The molecule has 0 saturated carbocycles. The molecule has 2 aliphatic rings. The van der Waals surface area contributed by atoms with E-state index >= 15 is 0 Å². The maximum Gasteiger partial charge on any atom is 0.312 e. The predicted molar refractivity (Wildman–Crippen MR) is 85.9 cm³/mol. The molecule has 0 aliphatic carbocycles. The smallest absolute Gasteiger partial charge is 0.312 e. The Labute approximate surface area is 143 Å². The number of carbonyl (C=O) groups is 1.